The minimum Gasteiger partial charge on any atom is -0.353 e. The molecule has 2 fully saturated rings. The molecule has 0 spiro atoms. The third-order valence-corrected chi connectivity index (χ3v) is 5.21. The normalized spacial score (nSPS) is 19.2. The fourth-order valence-corrected chi connectivity index (χ4v) is 3.80. The third kappa shape index (κ3) is 5.63. The second-order valence-corrected chi connectivity index (χ2v) is 7.09. The average molecular weight is 326 g/mol. The first-order chi connectivity index (χ1) is 10.7. The van der Waals surface area contributed by atoms with Crippen molar-refractivity contribution in [3.8, 4) is 0 Å². The Kier molecular flexibility index (Phi) is 7.22. The summed E-state index contributed by atoms with van der Waals surface area (Å²) in [7, 11) is 0. The van der Waals surface area contributed by atoms with Crippen molar-refractivity contribution in [1.82, 2.24) is 10.2 Å². The van der Waals surface area contributed by atoms with E-state index in [2.05, 4.69) is 5.32 Å². The molecule has 5 nitrogen and oxygen atoms in total. The van der Waals surface area contributed by atoms with Crippen molar-refractivity contribution in [2.45, 2.75) is 70.3 Å². The number of nitrogens with one attached hydrogen (secondary N) is 1. The molecule has 1 aliphatic carbocycles. The monoisotopic (exact) mass is 326 g/mol. The van der Waals surface area contributed by atoms with E-state index in [-0.39, 0.29) is 17.1 Å². The van der Waals surface area contributed by atoms with E-state index < -0.39 is 0 Å². The van der Waals surface area contributed by atoms with E-state index in [4.69, 9.17) is 0 Å². The molecule has 2 rings (SSSR count). The number of nitrogens with zero attached hydrogens (tertiary/aromatic N) is 1. The molecule has 6 heteroatoms. The van der Waals surface area contributed by atoms with Crippen LogP contribution in [-0.2, 0) is 9.59 Å². The number of unbranched alkanes of at least 4 members (excludes halogenated alkanes) is 4. The number of hydrogen-bond donors (Lipinski definition) is 1. The van der Waals surface area contributed by atoms with Crippen LogP contribution in [0.3, 0.4) is 0 Å². The van der Waals surface area contributed by atoms with Gasteiger partial charge in [-0.25, -0.2) is 0 Å². The number of thioether (sulfide) groups is 1. The summed E-state index contributed by atoms with van der Waals surface area (Å²) in [6.45, 7) is 0.548. The van der Waals surface area contributed by atoms with Crippen molar-refractivity contribution in [1.29, 1.82) is 0 Å². The lowest BCUT2D eigenvalue weighted by Gasteiger charge is -2.12. The fraction of sp³-hybridized carbons (Fsp3) is 0.812. The topological polar surface area (TPSA) is 66.5 Å². The van der Waals surface area contributed by atoms with Crippen LogP contribution in [0.4, 0.5) is 4.79 Å². The Balaban J connectivity index is 1.43. The summed E-state index contributed by atoms with van der Waals surface area (Å²) in [5.41, 5.74) is 0. The second kappa shape index (κ2) is 9.18. The molecule has 1 saturated carbocycles. The van der Waals surface area contributed by atoms with Crippen molar-refractivity contribution in [2.24, 2.45) is 0 Å². The predicted molar refractivity (Wildman–Crippen MR) is 87.7 cm³/mol. The molecule has 0 radical (unpaired) electrons. The molecule has 1 N–H and O–H groups in total. The van der Waals surface area contributed by atoms with Gasteiger partial charge in [0.2, 0.25) is 11.8 Å². The lowest BCUT2D eigenvalue weighted by Crippen LogP contribution is -2.32. The van der Waals surface area contributed by atoms with Crippen LogP contribution in [-0.4, -0.2) is 40.3 Å². The highest BCUT2D eigenvalue weighted by Gasteiger charge is 2.28. The van der Waals surface area contributed by atoms with Crippen molar-refractivity contribution in [2.75, 3.05) is 12.3 Å². The minimum absolute atomic E-state index is 0.0569. The number of carbonyl (C=O) groups excluding carboxylic acids is 3. The Hall–Kier alpha value is -1.04. The molecular weight excluding hydrogens is 300 g/mol. The largest absolute Gasteiger partial charge is 0.353 e. The van der Waals surface area contributed by atoms with E-state index in [0.29, 0.717) is 24.8 Å². The Labute approximate surface area is 136 Å². The number of rotatable bonds is 9. The van der Waals surface area contributed by atoms with E-state index in [9.17, 15) is 14.4 Å². The van der Waals surface area contributed by atoms with Gasteiger partial charge in [0.1, 0.15) is 0 Å². The van der Waals surface area contributed by atoms with E-state index >= 15 is 0 Å². The standard InChI is InChI=1S/C16H26N2O3S/c19-14(17-13-8-5-6-9-13)10-4-2-1-3-7-11-18-15(20)12-22-16(18)21/h13H,1-12H2,(H,17,19). The van der Waals surface area contributed by atoms with Gasteiger partial charge in [0.25, 0.3) is 5.24 Å². The Morgan fingerprint density at radius 2 is 1.77 bits per heavy atom. The Bertz CT molecular complexity index is 392. The van der Waals surface area contributed by atoms with Gasteiger partial charge in [0.15, 0.2) is 0 Å². The van der Waals surface area contributed by atoms with Crippen LogP contribution in [0.25, 0.3) is 0 Å². The van der Waals surface area contributed by atoms with Gasteiger partial charge in [0, 0.05) is 19.0 Å². The first kappa shape index (κ1) is 17.3. The molecule has 0 unspecified atom stereocenters. The van der Waals surface area contributed by atoms with Gasteiger partial charge in [-0.1, -0.05) is 43.9 Å². The van der Waals surface area contributed by atoms with Gasteiger partial charge < -0.3 is 5.32 Å². The molecule has 2 aliphatic rings. The summed E-state index contributed by atoms with van der Waals surface area (Å²) in [5.74, 6) is 0.436. The smallest absolute Gasteiger partial charge is 0.288 e. The number of carbonyl (C=O) groups is 3. The summed E-state index contributed by atoms with van der Waals surface area (Å²) in [6, 6.07) is 0.418. The van der Waals surface area contributed by atoms with Gasteiger partial charge >= 0.3 is 0 Å². The molecule has 0 aromatic rings. The van der Waals surface area contributed by atoms with E-state index in [0.717, 1.165) is 56.7 Å². The van der Waals surface area contributed by atoms with Crippen LogP contribution in [0.1, 0.15) is 64.2 Å². The summed E-state index contributed by atoms with van der Waals surface area (Å²) in [4.78, 5) is 35.9. The summed E-state index contributed by atoms with van der Waals surface area (Å²) in [6.07, 6.45) is 10.3. The summed E-state index contributed by atoms with van der Waals surface area (Å²) < 4.78 is 0. The highest BCUT2D eigenvalue weighted by Crippen LogP contribution is 2.20. The molecule has 1 aliphatic heterocycles. The van der Waals surface area contributed by atoms with Gasteiger partial charge in [-0.05, 0) is 25.7 Å². The lowest BCUT2D eigenvalue weighted by molar-refractivity contribution is -0.124. The predicted octanol–water partition coefficient (Wildman–Crippen LogP) is 3.08. The summed E-state index contributed by atoms with van der Waals surface area (Å²) in [5, 5.41) is 3.00. The minimum atomic E-state index is -0.103. The number of hydrogen-bond acceptors (Lipinski definition) is 4. The Morgan fingerprint density at radius 1 is 1.09 bits per heavy atom. The van der Waals surface area contributed by atoms with Gasteiger partial charge in [-0.3, -0.25) is 19.3 Å². The van der Waals surface area contributed by atoms with Crippen LogP contribution >= 0.6 is 11.8 Å². The molecular formula is C16H26N2O3S. The maximum atomic E-state index is 11.7. The molecule has 0 aromatic carbocycles. The molecule has 0 aromatic heterocycles. The number of imide groups is 1. The zero-order chi connectivity index (χ0) is 15.8. The van der Waals surface area contributed by atoms with Crippen LogP contribution < -0.4 is 5.32 Å². The van der Waals surface area contributed by atoms with Crippen molar-refractivity contribution in [3.05, 3.63) is 0 Å². The van der Waals surface area contributed by atoms with Crippen LogP contribution in [0.5, 0.6) is 0 Å². The van der Waals surface area contributed by atoms with E-state index in [1.54, 1.807) is 0 Å². The highest BCUT2D eigenvalue weighted by molar-refractivity contribution is 8.14. The highest BCUT2D eigenvalue weighted by atomic mass is 32.2. The Morgan fingerprint density at radius 3 is 2.45 bits per heavy atom. The van der Waals surface area contributed by atoms with E-state index in [1.807, 2.05) is 0 Å². The average Bonchev–Trinajstić information content (AvgIpc) is 3.10. The quantitative estimate of drug-likeness (QED) is 0.661. The maximum absolute atomic E-state index is 11.7. The van der Waals surface area contributed by atoms with Crippen molar-refractivity contribution >= 4 is 28.8 Å². The summed E-state index contributed by atoms with van der Waals surface area (Å²) >= 11 is 1.09. The first-order valence-corrected chi connectivity index (χ1v) is 9.42. The molecule has 3 amide bonds. The van der Waals surface area contributed by atoms with Gasteiger partial charge in [-0.2, -0.15) is 0 Å². The second-order valence-electron chi connectivity index (χ2n) is 6.17. The van der Waals surface area contributed by atoms with Crippen LogP contribution in [0, 0.1) is 0 Å². The van der Waals surface area contributed by atoms with E-state index in [1.165, 1.54) is 17.7 Å². The maximum Gasteiger partial charge on any atom is 0.288 e. The SMILES string of the molecule is O=C(CCCCCCCN1C(=O)CSC1=O)NC1CCCC1. The molecule has 124 valence electrons. The zero-order valence-corrected chi connectivity index (χ0v) is 14.0. The molecule has 0 atom stereocenters. The van der Waals surface area contributed by atoms with Crippen LogP contribution in [0.2, 0.25) is 0 Å². The van der Waals surface area contributed by atoms with Gasteiger partial charge in [0.05, 0.1) is 5.75 Å². The third-order valence-electron chi connectivity index (χ3n) is 4.35. The first-order valence-electron chi connectivity index (χ1n) is 8.43. The molecule has 1 saturated heterocycles. The number of amides is 3. The fourth-order valence-electron chi connectivity index (χ4n) is 3.05. The molecule has 1 heterocycles. The lowest BCUT2D eigenvalue weighted by atomic mass is 10.1. The van der Waals surface area contributed by atoms with Crippen molar-refractivity contribution in [3.63, 3.8) is 0 Å². The van der Waals surface area contributed by atoms with Crippen LogP contribution in [0.15, 0.2) is 0 Å². The molecule has 0 bridgehead atoms. The van der Waals surface area contributed by atoms with Crippen molar-refractivity contribution < 1.29 is 14.4 Å². The molecule has 22 heavy (non-hydrogen) atoms. The zero-order valence-electron chi connectivity index (χ0n) is 13.1. The van der Waals surface area contributed by atoms with Gasteiger partial charge in [-0.15, -0.1) is 0 Å².